The minimum atomic E-state index is -3.37. The van der Waals surface area contributed by atoms with Crippen LogP contribution >= 0.6 is 12.4 Å². The van der Waals surface area contributed by atoms with Gasteiger partial charge in [-0.25, -0.2) is 12.7 Å². The van der Waals surface area contributed by atoms with Crippen LogP contribution in [0.3, 0.4) is 0 Å². The first-order chi connectivity index (χ1) is 9.49. The second-order valence-corrected chi connectivity index (χ2v) is 6.65. The number of benzene rings is 1. The third-order valence-electron chi connectivity index (χ3n) is 3.19. The van der Waals surface area contributed by atoms with Gasteiger partial charge in [0.2, 0.25) is 10.0 Å². The molecule has 0 saturated carbocycles. The smallest absolute Gasteiger partial charge is 0.269 e. The van der Waals surface area contributed by atoms with Gasteiger partial charge in [-0.05, 0) is 18.5 Å². The van der Waals surface area contributed by atoms with Gasteiger partial charge in [0.1, 0.15) is 0 Å². The number of nitro benzene ring substituents is 1. The number of nitrogens with zero attached hydrogens (tertiary/aromatic N) is 2. The second-order valence-electron chi connectivity index (χ2n) is 4.68. The first-order valence-corrected chi connectivity index (χ1v) is 8.02. The Morgan fingerprint density at radius 1 is 1.19 bits per heavy atom. The van der Waals surface area contributed by atoms with E-state index in [4.69, 9.17) is 0 Å². The molecule has 1 fully saturated rings. The van der Waals surface area contributed by atoms with Crippen molar-refractivity contribution < 1.29 is 13.3 Å². The predicted molar refractivity (Wildman–Crippen MR) is 82.0 cm³/mol. The molecule has 1 aliphatic heterocycles. The summed E-state index contributed by atoms with van der Waals surface area (Å²) in [5.74, 6) is -0.120. The average molecular weight is 336 g/mol. The van der Waals surface area contributed by atoms with Crippen LogP contribution in [0.1, 0.15) is 12.0 Å². The minimum absolute atomic E-state index is 0. The molecular weight excluding hydrogens is 318 g/mol. The monoisotopic (exact) mass is 335 g/mol. The van der Waals surface area contributed by atoms with Crippen LogP contribution in [0.4, 0.5) is 5.69 Å². The van der Waals surface area contributed by atoms with E-state index in [0.717, 1.165) is 13.0 Å². The summed E-state index contributed by atoms with van der Waals surface area (Å²) in [4.78, 5) is 10.1. The lowest BCUT2D eigenvalue weighted by Crippen LogP contribution is -2.35. The molecular formula is C12H18ClN3O4S. The fourth-order valence-corrected chi connectivity index (χ4v) is 3.69. The summed E-state index contributed by atoms with van der Waals surface area (Å²) in [7, 11) is -3.37. The Bertz CT molecular complexity index is 569. The fraction of sp³-hybridized carbons (Fsp3) is 0.500. The van der Waals surface area contributed by atoms with Gasteiger partial charge < -0.3 is 5.32 Å². The number of halogens is 1. The third-order valence-corrected chi connectivity index (χ3v) is 5.04. The number of sulfonamides is 1. The van der Waals surface area contributed by atoms with Crippen molar-refractivity contribution >= 4 is 28.1 Å². The minimum Gasteiger partial charge on any atom is -0.315 e. The fourth-order valence-electron chi connectivity index (χ4n) is 2.11. The van der Waals surface area contributed by atoms with E-state index < -0.39 is 14.9 Å². The van der Waals surface area contributed by atoms with Crippen molar-refractivity contribution in [2.24, 2.45) is 0 Å². The molecule has 1 N–H and O–H groups in total. The highest BCUT2D eigenvalue weighted by atomic mass is 35.5. The first kappa shape index (κ1) is 17.8. The summed E-state index contributed by atoms with van der Waals surface area (Å²) in [6.45, 7) is 2.46. The summed E-state index contributed by atoms with van der Waals surface area (Å²) >= 11 is 0. The zero-order chi connectivity index (χ0) is 14.6. The highest BCUT2D eigenvalue weighted by molar-refractivity contribution is 7.88. The van der Waals surface area contributed by atoms with Crippen LogP contribution in [0.2, 0.25) is 0 Å². The maximum atomic E-state index is 12.3. The summed E-state index contributed by atoms with van der Waals surface area (Å²) in [5, 5.41) is 13.7. The van der Waals surface area contributed by atoms with E-state index in [1.807, 2.05) is 0 Å². The Kier molecular flexibility index (Phi) is 6.53. The van der Waals surface area contributed by atoms with E-state index in [1.54, 1.807) is 0 Å². The Morgan fingerprint density at radius 3 is 2.48 bits per heavy atom. The van der Waals surface area contributed by atoms with Gasteiger partial charge in [-0.1, -0.05) is 12.1 Å². The van der Waals surface area contributed by atoms with Gasteiger partial charge in [-0.3, -0.25) is 10.1 Å². The molecule has 21 heavy (non-hydrogen) atoms. The highest BCUT2D eigenvalue weighted by Gasteiger charge is 2.23. The van der Waals surface area contributed by atoms with Crippen molar-refractivity contribution in [1.82, 2.24) is 9.62 Å². The SMILES string of the molecule is Cl.O=[N+]([O-])c1ccc(CS(=O)(=O)N2CCCNCC2)cc1. The van der Waals surface area contributed by atoms with Gasteiger partial charge in [-0.2, -0.15) is 0 Å². The Hall–Kier alpha value is -1.22. The van der Waals surface area contributed by atoms with Gasteiger partial charge in [0, 0.05) is 31.8 Å². The van der Waals surface area contributed by atoms with Crippen molar-refractivity contribution in [3.05, 3.63) is 39.9 Å². The lowest BCUT2D eigenvalue weighted by Gasteiger charge is -2.19. The molecule has 1 aromatic carbocycles. The van der Waals surface area contributed by atoms with E-state index in [1.165, 1.54) is 28.6 Å². The van der Waals surface area contributed by atoms with Crippen LogP contribution in [0, 0.1) is 10.1 Å². The van der Waals surface area contributed by atoms with Gasteiger partial charge in [0.15, 0.2) is 0 Å². The summed E-state index contributed by atoms with van der Waals surface area (Å²) in [6.07, 6.45) is 0.791. The standard InChI is InChI=1S/C12H17N3O4S.ClH/c16-15(17)12-4-2-11(3-5-12)10-20(18,19)14-8-1-6-13-7-9-14;/h2-5,13H,1,6-10H2;1H. The molecule has 7 nitrogen and oxygen atoms in total. The van der Waals surface area contributed by atoms with Gasteiger partial charge in [-0.15, -0.1) is 12.4 Å². The van der Waals surface area contributed by atoms with Gasteiger partial charge in [0.05, 0.1) is 10.7 Å². The van der Waals surface area contributed by atoms with E-state index >= 15 is 0 Å². The molecule has 1 aromatic rings. The number of non-ortho nitro benzene ring substituents is 1. The summed E-state index contributed by atoms with van der Waals surface area (Å²) in [6, 6.07) is 5.64. The zero-order valence-corrected chi connectivity index (χ0v) is 13.0. The van der Waals surface area contributed by atoms with Crippen LogP contribution in [0.15, 0.2) is 24.3 Å². The molecule has 0 aromatic heterocycles. The van der Waals surface area contributed by atoms with Crippen LogP contribution in [0.25, 0.3) is 0 Å². The Balaban J connectivity index is 0.00000220. The molecule has 1 aliphatic rings. The topological polar surface area (TPSA) is 92.5 Å². The van der Waals surface area contributed by atoms with Crippen molar-refractivity contribution in [2.75, 3.05) is 26.2 Å². The number of nitro groups is 1. The molecule has 0 atom stereocenters. The van der Waals surface area contributed by atoms with Crippen molar-refractivity contribution in [3.63, 3.8) is 0 Å². The molecule has 0 bridgehead atoms. The zero-order valence-electron chi connectivity index (χ0n) is 11.4. The largest absolute Gasteiger partial charge is 0.315 e. The van der Waals surface area contributed by atoms with E-state index in [2.05, 4.69) is 5.32 Å². The third kappa shape index (κ3) is 4.92. The molecule has 0 amide bonds. The summed E-state index contributed by atoms with van der Waals surface area (Å²) < 4.78 is 26.1. The van der Waals surface area contributed by atoms with Gasteiger partial charge >= 0.3 is 0 Å². The van der Waals surface area contributed by atoms with Crippen LogP contribution in [0.5, 0.6) is 0 Å². The number of hydrogen-bond donors (Lipinski definition) is 1. The maximum Gasteiger partial charge on any atom is 0.269 e. The first-order valence-electron chi connectivity index (χ1n) is 6.41. The molecule has 1 heterocycles. The van der Waals surface area contributed by atoms with Crippen LogP contribution in [-0.4, -0.2) is 43.8 Å². The number of hydrogen-bond acceptors (Lipinski definition) is 5. The van der Waals surface area contributed by atoms with Crippen molar-refractivity contribution in [3.8, 4) is 0 Å². The lowest BCUT2D eigenvalue weighted by molar-refractivity contribution is -0.384. The number of rotatable bonds is 4. The normalized spacial score (nSPS) is 16.8. The van der Waals surface area contributed by atoms with Crippen molar-refractivity contribution in [2.45, 2.75) is 12.2 Å². The summed E-state index contributed by atoms with van der Waals surface area (Å²) in [5.41, 5.74) is 0.526. The highest BCUT2D eigenvalue weighted by Crippen LogP contribution is 2.16. The molecule has 0 aliphatic carbocycles. The predicted octanol–water partition coefficient (Wildman–Crippen LogP) is 1.14. The molecule has 1 saturated heterocycles. The van der Waals surface area contributed by atoms with E-state index in [9.17, 15) is 18.5 Å². The lowest BCUT2D eigenvalue weighted by atomic mass is 10.2. The molecule has 2 rings (SSSR count). The molecule has 9 heteroatoms. The molecule has 0 spiro atoms. The van der Waals surface area contributed by atoms with Gasteiger partial charge in [0.25, 0.3) is 5.69 Å². The molecule has 0 radical (unpaired) electrons. The van der Waals surface area contributed by atoms with Crippen LogP contribution < -0.4 is 5.32 Å². The van der Waals surface area contributed by atoms with Crippen LogP contribution in [-0.2, 0) is 15.8 Å². The second kappa shape index (κ2) is 7.69. The maximum absolute atomic E-state index is 12.3. The quantitative estimate of drug-likeness (QED) is 0.658. The van der Waals surface area contributed by atoms with E-state index in [0.29, 0.717) is 25.2 Å². The Morgan fingerprint density at radius 2 is 1.86 bits per heavy atom. The molecule has 118 valence electrons. The molecule has 0 unspecified atom stereocenters. The van der Waals surface area contributed by atoms with Crippen molar-refractivity contribution in [1.29, 1.82) is 0 Å². The Labute approximate surface area is 129 Å². The average Bonchev–Trinajstić information content (AvgIpc) is 2.68. The van der Waals surface area contributed by atoms with E-state index in [-0.39, 0.29) is 23.8 Å². The number of nitrogens with one attached hydrogen (secondary N) is 1.